The fourth-order valence-electron chi connectivity index (χ4n) is 2.66. The van der Waals surface area contributed by atoms with Crippen LogP contribution in [0.5, 0.6) is 0 Å². The van der Waals surface area contributed by atoms with Crippen molar-refractivity contribution in [2.75, 3.05) is 5.32 Å². The van der Waals surface area contributed by atoms with Gasteiger partial charge in [-0.2, -0.15) is 0 Å². The van der Waals surface area contributed by atoms with E-state index in [2.05, 4.69) is 20.5 Å². The lowest BCUT2D eigenvalue weighted by Gasteiger charge is -2.08. The molecule has 2 aromatic heterocycles. The summed E-state index contributed by atoms with van der Waals surface area (Å²) in [6.07, 6.45) is 8.63. The van der Waals surface area contributed by atoms with Crippen molar-refractivity contribution in [1.82, 2.24) is 24.3 Å². The van der Waals surface area contributed by atoms with Gasteiger partial charge in [-0.3, -0.25) is 9.36 Å². The van der Waals surface area contributed by atoms with E-state index in [1.54, 1.807) is 35.8 Å². The number of amides is 1. The third-order valence-electron chi connectivity index (χ3n) is 3.96. The van der Waals surface area contributed by atoms with Crippen molar-refractivity contribution in [2.45, 2.75) is 6.54 Å². The molecule has 26 heavy (non-hydrogen) atoms. The number of aromatic nitrogens is 5. The summed E-state index contributed by atoms with van der Waals surface area (Å²) in [4.78, 5) is 16.6. The first-order valence-electron chi connectivity index (χ1n) is 8.09. The van der Waals surface area contributed by atoms with Crippen molar-refractivity contribution in [2.24, 2.45) is 0 Å². The highest BCUT2D eigenvalue weighted by Gasteiger charge is 2.07. The van der Waals surface area contributed by atoms with Crippen LogP contribution in [0.2, 0.25) is 0 Å². The second-order valence-electron chi connectivity index (χ2n) is 5.81. The Labute approximate surface area is 150 Å². The number of rotatable bonds is 5. The average molecular weight is 344 g/mol. The maximum absolute atomic E-state index is 12.5. The Kier molecular flexibility index (Phi) is 4.26. The van der Waals surface area contributed by atoms with E-state index >= 15 is 0 Å². The van der Waals surface area contributed by atoms with Gasteiger partial charge in [0.25, 0.3) is 5.91 Å². The molecule has 0 aliphatic rings. The van der Waals surface area contributed by atoms with E-state index < -0.39 is 0 Å². The number of imidazole rings is 1. The molecule has 2 heterocycles. The largest absolute Gasteiger partial charge is 0.333 e. The molecule has 0 atom stereocenters. The summed E-state index contributed by atoms with van der Waals surface area (Å²) in [5.41, 5.74) is 3.31. The number of hydrogen-bond donors (Lipinski definition) is 1. The zero-order valence-electron chi connectivity index (χ0n) is 13.9. The van der Waals surface area contributed by atoms with Crippen LogP contribution in [0.4, 0.5) is 5.69 Å². The molecule has 7 nitrogen and oxygen atoms in total. The van der Waals surface area contributed by atoms with Crippen molar-refractivity contribution in [3.63, 3.8) is 0 Å². The molecular weight excluding hydrogens is 328 g/mol. The number of nitrogens with one attached hydrogen (secondary N) is 1. The van der Waals surface area contributed by atoms with E-state index in [-0.39, 0.29) is 5.91 Å². The van der Waals surface area contributed by atoms with Crippen molar-refractivity contribution < 1.29 is 4.79 Å². The Bertz CT molecular complexity index is 991. The topological polar surface area (TPSA) is 77.6 Å². The maximum Gasteiger partial charge on any atom is 0.255 e. The molecular formula is C19H16N6O. The molecule has 4 rings (SSSR count). The first kappa shape index (κ1) is 15.8. The van der Waals surface area contributed by atoms with Gasteiger partial charge in [0.05, 0.1) is 6.33 Å². The minimum Gasteiger partial charge on any atom is -0.333 e. The molecule has 0 spiro atoms. The SMILES string of the molecule is O=C(Nc1ccc(-n2cnnc2)cc1)c1cccc(Cn2ccnc2)c1. The Morgan fingerprint density at radius 2 is 1.81 bits per heavy atom. The second kappa shape index (κ2) is 7.02. The molecule has 0 saturated heterocycles. The fraction of sp³-hybridized carbons (Fsp3) is 0.0526. The number of benzene rings is 2. The molecule has 0 fully saturated rings. The lowest BCUT2D eigenvalue weighted by Crippen LogP contribution is -2.12. The summed E-state index contributed by atoms with van der Waals surface area (Å²) in [6.45, 7) is 0.675. The van der Waals surface area contributed by atoms with Crippen LogP contribution in [-0.2, 0) is 6.54 Å². The van der Waals surface area contributed by atoms with E-state index in [4.69, 9.17) is 0 Å². The molecule has 0 aliphatic carbocycles. The van der Waals surface area contributed by atoms with Crippen molar-refractivity contribution >= 4 is 11.6 Å². The summed E-state index contributed by atoms with van der Waals surface area (Å²) < 4.78 is 3.76. The van der Waals surface area contributed by atoms with Crippen molar-refractivity contribution in [3.8, 4) is 5.69 Å². The Morgan fingerprint density at radius 1 is 1.00 bits per heavy atom. The van der Waals surface area contributed by atoms with Crippen LogP contribution in [0.3, 0.4) is 0 Å². The molecule has 2 aromatic carbocycles. The van der Waals surface area contributed by atoms with Gasteiger partial charge >= 0.3 is 0 Å². The summed E-state index contributed by atoms with van der Waals surface area (Å²) in [5, 5.41) is 10.5. The van der Waals surface area contributed by atoms with Gasteiger partial charge < -0.3 is 9.88 Å². The summed E-state index contributed by atoms with van der Waals surface area (Å²) in [5.74, 6) is -0.144. The highest BCUT2D eigenvalue weighted by atomic mass is 16.1. The average Bonchev–Trinajstić information content (AvgIpc) is 3.36. The van der Waals surface area contributed by atoms with E-state index in [9.17, 15) is 4.79 Å². The van der Waals surface area contributed by atoms with Gasteiger partial charge in [-0.25, -0.2) is 4.98 Å². The van der Waals surface area contributed by atoms with Crippen LogP contribution in [0.15, 0.2) is 79.9 Å². The third-order valence-corrected chi connectivity index (χ3v) is 3.96. The molecule has 1 N–H and O–H groups in total. The van der Waals surface area contributed by atoms with Gasteiger partial charge in [-0.15, -0.1) is 10.2 Å². The van der Waals surface area contributed by atoms with Gasteiger partial charge in [-0.1, -0.05) is 12.1 Å². The highest BCUT2D eigenvalue weighted by Crippen LogP contribution is 2.15. The molecule has 0 saturated carbocycles. The second-order valence-corrected chi connectivity index (χ2v) is 5.81. The molecule has 128 valence electrons. The van der Waals surface area contributed by atoms with Crippen LogP contribution in [0, 0.1) is 0 Å². The minimum absolute atomic E-state index is 0.144. The first-order chi connectivity index (χ1) is 12.8. The molecule has 1 amide bonds. The van der Waals surface area contributed by atoms with Crippen LogP contribution in [0.25, 0.3) is 5.69 Å². The monoisotopic (exact) mass is 344 g/mol. The van der Waals surface area contributed by atoms with Crippen molar-refractivity contribution in [1.29, 1.82) is 0 Å². The summed E-state index contributed by atoms with van der Waals surface area (Å²) >= 11 is 0. The number of anilines is 1. The van der Waals surface area contributed by atoms with Gasteiger partial charge in [-0.05, 0) is 42.0 Å². The predicted molar refractivity (Wildman–Crippen MR) is 97.1 cm³/mol. The number of carbonyl (C=O) groups excluding carboxylic acids is 1. The van der Waals surface area contributed by atoms with E-state index in [0.29, 0.717) is 12.1 Å². The first-order valence-corrected chi connectivity index (χ1v) is 8.09. The lowest BCUT2D eigenvalue weighted by atomic mass is 10.1. The maximum atomic E-state index is 12.5. The Morgan fingerprint density at radius 3 is 2.54 bits per heavy atom. The molecule has 0 bridgehead atoms. The number of hydrogen-bond acceptors (Lipinski definition) is 4. The highest BCUT2D eigenvalue weighted by molar-refractivity contribution is 6.04. The minimum atomic E-state index is -0.144. The molecule has 0 aliphatic heterocycles. The third kappa shape index (κ3) is 3.51. The van der Waals surface area contributed by atoms with E-state index in [1.165, 1.54) is 0 Å². The molecule has 7 heteroatoms. The summed E-state index contributed by atoms with van der Waals surface area (Å²) in [7, 11) is 0. The van der Waals surface area contributed by atoms with Crippen LogP contribution < -0.4 is 5.32 Å². The van der Waals surface area contributed by atoms with E-state index in [1.807, 2.05) is 53.2 Å². The quantitative estimate of drug-likeness (QED) is 0.604. The van der Waals surface area contributed by atoms with Gasteiger partial charge in [0, 0.05) is 35.9 Å². The number of nitrogens with zero attached hydrogens (tertiary/aromatic N) is 5. The standard InChI is InChI=1S/C19H16N6O/c26-19(16-3-1-2-15(10-16)11-24-9-8-20-12-24)23-17-4-6-18(7-5-17)25-13-21-22-14-25/h1-10,12-14H,11H2,(H,23,26). The fourth-order valence-corrected chi connectivity index (χ4v) is 2.66. The Hall–Kier alpha value is -3.74. The molecule has 0 unspecified atom stereocenters. The Balaban J connectivity index is 1.46. The number of carbonyl (C=O) groups is 1. The predicted octanol–water partition coefficient (Wildman–Crippen LogP) is 2.76. The van der Waals surface area contributed by atoms with Crippen LogP contribution >= 0.6 is 0 Å². The molecule has 0 radical (unpaired) electrons. The van der Waals surface area contributed by atoms with E-state index in [0.717, 1.165) is 16.9 Å². The van der Waals surface area contributed by atoms with Gasteiger partial charge in [0.1, 0.15) is 12.7 Å². The zero-order chi connectivity index (χ0) is 17.8. The summed E-state index contributed by atoms with van der Waals surface area (Å²) in [6, 6.07) is 15.1. The van der Waals surface area contributed by atoms with Crippen LogP contribution in [-0.4, -0.2) is 30.2 Å². The smallest absolute Gasteiger partial charge is 0.255 e. The normalized spacial score (nSPS) is 10.6. The lowest BCUT2D eigenvalue weighted by molar-refractivity contribution is 0.102. The van der Waals surface area contributed by atoms with Gasteiger partial charge in [0.15, 0.2) is 0 Å². The van der Waals surface area contributed by atoms with Crippen molar-refractivity contribution in [3.05, 3.63) is 91.0 Å². The van der Waals surface area contributed by atoms with Crippen LogP contribution in [0.1, 0.15) is 15.9 Å². The van der Waals surface area contributed by atoms with Gasteiger partial charge in [0.2, 0.25) is 0 Å². The zero-order valence-corrected chi connectivity index (χ0v) is 13.9. The molecule has 4 aromatic rings.